The van der Waals surface area contributed by atoms with Crippen LogP contribution in [0, 0.1) is 6.92 Å². The van der Waals surface area contributed by atoms with Gasteiger partial charge in [0.2, 0.25) is 5.28 Å². The molecule has 2 aromatic heterocycles. The molecule has 4 rings (SSSR count). The summed E-state index contributed by atoms with van der Waals surface area (Å²) in [5, 5.41) is 1.09. The first-order valence-electron chi connectivity index (χ1n) is 10.0. The van der Waals surface area contributed by atoms with E-state index in [1.54, 1.807) is 0 Å². The van der Waals surface area contributed by atoms with Crippen molar-refractivity contribution in [2.45, 2.75) is 71.2 Å². The lowest BCUT2D eigenvalue weighted by Crippen LogP contribution is -2.46. The summed E-state index contributed by atoms with van der Waals surface area (Å²) in [7, 11) is 0. The highest BCUT2D eigenvalue weighted by Gasteiger charge is 2.29. The zero-order valence-corrected chi connectivity index (χ0v) is 18.1. The second kappa shape index (κ2) is 8.13. The van der Waals surface area contributed by atoms with E-state index in [1.807, 2.05) is 6.92 Å². The van der Waals surface area contributed by atoms with E-state index in [1.165, 1.54) is 17.8 Å². The third kappa shape index (κ3) is 3.98. The number of hydrogen-bond acceptors (Lipinski definition) is 7. The molecule has 2 fully saturated rings. The molecule has 2 unspecified atom stereocenters. The lowest BCUT2D eigenvalue weighted by atomic mass is 9.98. The number of esters is 1. The molecule has 6 nitrogen and oxygen atoms in total. The highest BCUT2D eigenvalue weighted by molar-refractivity contribution is 7.20. The Morgan fingerprint density at radius 3 is 2.54 bits per heavy atom. The number of morpholine rings is 1. The van der Waals surface area contributed by atoms with E-state index in [9.17, 15) is 4.79 Å². The Morgan fingerprint density at radius 2 is 1.86 bits per heavy atom. The van der Waals surface area contributed by atoms with Crippen molar-refractivity contribution in [2.24, 2.45) is 0 Å². The highest BCUT2D eigenvalue weighted by atomic mass is 35.5. The molecule has 28 heavy (non-hydrogen) atoms. The van der Waals surface area contributed by atoms with Crippen molar-refractivity contribution in [3.8, 4) is 0 Å². The van der Waals surface area contributed by atoms with Crippen molar-refractivity contribution >= 4 is 44.9 Å². The van der Waals surface area contributed by atoms with Gasteiger partial charge in [0, 0.05) is 13.1 Å². The molecule has 0 N–H and O–H groups in total. The van der Waals surface area contributed by atoms with Gasteiger partial charge in [-0.05, 0) is 63.6 Å². The summed E-state index contributed by atoms with van der Waals surface area (Å²) in [6.45, 7) is 7.50. The number of aromatic nitrogens is 2. The third-order valence-corrected chi connectivity index (χ3v) is 6.81. The third-order valence-electron chi connectivity index (χ3n) is 5.47. The van der Waals surface area contributed by atoms with Crippen LogP contribution in [0.5, 0.6) is 0 Å². The quantitative estimate of drug-likeness (QED) is 0.524. The molecule has 0 radical (unpaired) electrons. The second-order valence-electron chi connectivity index (χ2n) is 7.88. The smallest absolute Gasteiger partial charge is 0.348 e. The standard InChI is InChI=1S/C20H26ClN3O3S/c1-11-9-24(10-12(2)26-11)17-15-13(3)16(28-18(15)23-20(21)22-17)19(25)27-14-7-5-4-6-8-14/h11-12,14H,4-10H2,1-3H3. The molecular weight excluding hydrogens is 398 g/mol. The lowest BCUT2D eigenvalue weighted by molar-refractivity contribution is -0.00538. The van der Waals surface area contributed by atoms with Crippen LogP contribution in [0.1, 0.15) is 61.2 Å². The van der Waals surface area contributed by atoms with Gasteiger partial charge >= 0.3 is 5.97 Å². The zero-order chi connectivity index (χ0) is 19.8. The molecule has 1 saturated carbocycles. The summed E-state index contributed by atoms with van der Waals surface area (Å²) in [4.78, 5) is 25.3. The number of thiophene rings is 1. The van der Waals surface area contributed by atoms with Crippen LogP contribution in [0.25, 0.3) is 10.2 Å². The Balaban J connectivity index is 1.69. The van der Waals surface area contributed by atoms with Crippen LogP contribution in [-0.4, -0.2) is 47.3 Å². The number of fused-ring (bicyclic) bond motifs is 1. The maximum absolute atomic E-state index is 12.9. The van der Waals surface area contributed by atoms with Crippen molar-refractivity contribution in [1.29, 1.82) is 0 Å². The molecule has 1 aliphatic carbocycles. The van der Waals surface area contributed by atoms with Gasteiger partial charge < -0.3 is 14.4 Å². The van der Waals surface area contributed by atoms with Gasteiger partial charge in [0.05, 0.1) is 17.6 Å². The summed E-state index contributed by atoms with van der Waals surface area (Å²) in [6, 6.07) is 0. The molecule has 1 aliphatic heterocycles. The van der Waals surface area contributed by atoms with Crippen LogP contribution in [0.3, 0.4) is 0 Å². The van der Waals surface area contributed by atoms with Gasteiger partial charge in [-0.25, -0.2) is 9.78 Å². The monoisotopic (exact) mass is 423 g/mol. The van der Waals surface area contributed by atoms with E-state index in [0.717, 1.165) is 60.4 Å². The van der Waals surface area contributed by atoms with E-state index in [-0.39, 0.29) is 29.6 Å². The van der Waals surface area contributed by atoms with Crippen LogP contribution in [0.15, 0.2) is 0 Å². The van der Waals surface area contributed by atoms with Gasteiger partial charge in [0.1, 0.15) is 21.6 Å². The Kier molecular flexibility index (Phi) is 5.76. The first-order valence-corrected chi connectivity index (χ1v) is 11.2. The normalized spacial score (nSPS) is 23.9. The van der Waals surface area contributed by atoms with Crippen molar-refractivity contribution in [3.63, 3.8) is 0 Å². The van der Waals surface area contributed by atoms with Crippen molar-refractivity contribution in [2.75, 3.05) is 18.0 Å². The Hall–Kier alpha value is -1.44. The van der Waals surface area contributed by atoms with Crippen LogP contribution < -0.4 is 4.90 Å². The maximum atomic E-state index is 12.9. The number of halogens is 1. The fourth-order valence-corrected chi connectivity index (χ4v) is 5.53. The Bertz CT molecular complexity index is 871. The fraction of sp³-hybridized carbons (Fsp3) is 0.650. The molecule has 2 aromatic rings. The molecular formula is C20H26ClN3O3S. The minimum absolute atomic E-state index is 0.0287. The van der Waals surface area contributed by atoms with E-state index in [2.05, 4.69) is 28.7 Å². The number of rotatable bonds is 3. The van der Waals surface area contributed by atoms with Crippen molar-refractivity contribution in [1.82, 2.24) is 9.97 Å². The van der Waals surface area contributed by atoms with Gasteiger partial charge in [0.25, 0.3) is 0 Å². The molecule has 0 bridgehead atoms. The van der Waals surface area contributed by atoms with Crippen LogP contribution in [0.4, 0.5) is 5.82 Å². The molecule has 1 saturated heterocycles. The maximum Gasteiger partial charge on any atom is 0.348 e. The number of hydrogen-bond donors (Lipinski definition) is 0. The average Bonchev–Trinajstić information content (AvgIpc) is 2.97. The molecule has 3 heterocycles. The zero-order valence-electron chi connectivity index (χ0n) is 16.5. The second-order valence-corrected chi connectivity index (χ2v) is 9.22. The number of nitrogens with zero attached hydrogens (tertiary/aromatic N) is 3. The van der Waals surface area contributed by atoms with Crippen LogP contribution in [-0.2, 0) is 9.47 Å². The summed E-state index contributed by atoms with van der Waals surface area (Å²) in [5.41, 5.74) is 0.874. The summed E-state index contributed by atoms with van der Waals surface area (Å²) < 4.78 is 11.6. The molecule has 0 aromatic carbocycles. The highest BCUT2D eigenvalue weighted by Crippen LogP contribution is 2.38. The molecule has 2 aliphatic rings. The van der Waals surface area contributed by atoms with Gasteiger partial charge in [-0.3, -0.25) is 0 Å². The topological polar surface area (TPSA) is 64.5 Å². The van der Waals surface area contributed by atoms with Gasteiger partial charge in [-0.1, -0.05) is 6.42 Å². The number of carbonyl (C=O) groups excluding carboxylic acids is 1. The van der Waals surface area contributed by atoms with Crippen molar-refractivity contribution in [3.05, 3.63) is 15.7 Å². The van der Waals surface area contributed by atoms with E-state index in [0.29, 0.717) is 4.88 Å². The summed E-state index contributed by atoms with van der Waals surface area (Å²) in [6.07, 6.45) is 5.62. The van der Waals surface area contributed by atoms with E-state index < -0.39 is 0 Å². The molecule has 0 amide bonds. The predicted molar refractivity (Wildman–Crippen MR) is 112 cm³/mol. The summed E-state index contributed by atoms with van der Waals surface area (Å²) in [5.74, 6) is 0.528. The minimum Gasteiger partial charge on any atom is -0.458 e. The van der Waals surface area contributed by atoms with Crippen LogP contribution in [0.2, 0.25) is 5.28 Å². The first kappa shape index (κ1) is 19.9. The fourth-order valence-electron chi connectivity index (χ4n) is 4.25. The largest absolute Gasteiger partial charge is 0.458 e. The number of carbonyl (C=O) groups is 1. The predicted octanol–water partition coefficient (Wildman–Crippen LogP) is 4.76. The molecule has 0 spiro atoms. The molecule has 152 valence electrons. The molecule has 2 atom stereocenters. The number of aryl methyl sites for hydroxylation is 1. The molecule has 8 heteroatoms. The van der Waals surface area contributed by atoms with E-state index in [4.69, 9.17) is 21.1 Å². The van der Waals surface area contributed by atoms with Crippen molar-refractivity contribution < 1.29 is 14.3 Å². The van der Waals surface area contributed by atoms with Crippen LogP contribution >= 0.6 is 22.9 Å². The number of anilines is 1. The Labute approximate surface area is 174 Å². The minimum atomic E-state index is -0.252. The first-order chi connectivity index (χ1) is 13.4. The number of ether oxygens (including phenoxy) is 2. The van der Waals surface area contributed by atoms with Gasteiger partial charge in [-0.2, -0.15) is 4.98 Å². The lowest BCUT2D eigenvalue weighted by Gasteiger charge is -2.36. The summed E-state index contributed by atoms with van der Waals surface area (Å²) >= 11 is 7.57. The Morgan fingerprint density at radius 1 is 1.18 bits per heavy atom. The van der Waals surface area contributed by atoms with E-state index >= 15 is 0 Å². The average molecular weight is 424 g/mol. The SMILES string of the molecule is Cc1c(C(=O)OC2CCCCC2)sc2nc(Cl)nc(N3CC(C)OC(C)C3)c12. The van der Waals surface area contributed by atoms with Gasteiger partial charge in [0.15, 0.2) is 0 Å². The van der Waals surface area contributed by atoms with Gasteiger partial charge in [-0.15, -0.1) is 11.3 Å².